The van der Waals surface area contributed by atoms with Crippen molar-refractivity contribution in [1.82, 2.24) is 0 Å². The number of fused-ring (bicyclic) bond motifs is 1. The van der Waals surface area contributed by atoms with Gasteiger partial charge in [0.2, 0.25) is 0 Å². The van der Waals surface area contributed by atoms with Gasteiger partial charge in [0.25, 0.3) is 0 Å². The molecule has 0 fully saturated rings. The number of nitrogens with two attached hydrogens (primary N) is 1. The third kappa shape index (κ3) is 9.26. The van der Waals surface area contributed by atoms with Gasteiger partial charge in [-0.2, -0.15) is 0 Å². The minimum Gasteiger partial charge on any atom is -0.744 e. The van der Waals surface area contributed by atoms with Gasteiger partial charge in [-0.05, 0) is 16.8 Å². The normalized spacial score (nSPS) is 10.6. The van der Waals surface area contributed by atoms with Crippen molar-refractivity contribution in [3.05, 3.63) is 42.5 Å². The SMILES string of the molecule is NS(=O)(=O)[O-].O=S(=O)([O-])c1cccc2ccccc12.[Na+].[Na+]. The molecule has 2 N–H and O–H groups in total. The maximum absolute atomic E-state index is 10.9. The molecule has 0 spiro atoms. The quantitative estimate of drug-likeness (QED) is 0.402. The molecule has 0 aliphatic heterocycles. The third-order valence-corrected chi connectivity index (χ3v) is 2.91. The molecule has 0 aliphatic carbocycles. The predicted octanol–water partition coefficient (Wildman–Crippen LogP) is -5.84. The molecule has 0 unspecified atom stereocenters. The molecule has 0 heterocycles. The van der Waals surface area contributed by atoms with Crippen molar-refractivity contribution >= 4 is 31.2 Å². The van der Waals surface area contributed by atoms with Crippen LogP contribution in [0.1, 0.15) is 0 Å². The number of rotatable bonds is 1. The van der Waals surface area contributed by atoms with Crippen molar-refractivity contribution in [1.29, 1.82) is 0 Å². The maximum Gasteiger partial charge on any atom is 1.00 e. The molecule has 2 rings (SSSR count). The smallest absolute Gasteiger partial charge is 0.744 e. The fourth-order valence-corrected chi connectivity index (χ4v) is 2.11. The van der Waals surface area contributed by atoms with Crippen molar-refractivity contribution in [2.24, 2.45) is 5.14 Å². The average molecular weight is 349 g/mol. The Hall–Kier alpha value is 0.480. The molecular weight excluding hydrogens is 340 g/mol. The first kappa shape index (κ1) is 23.7. The molecule has 0 saturated carbocycles. The van der Waals surface area contributed by atoms with E-state index in [-0.39, 0.29) is 64.0 Å². The number of hydrogen-bond donors (Lipinski definition) is 1. The van der Waals surface area contributed by atoms with Crippen LogP contribution >= 0.6 is 0 Å². The first-order valence-corrected chi connectivity index (χ1v) is 7.64. The van der Waals surface area contributed by atoms with Gasteiger partial charge in [-0.15, -0.1) is 0 Å². The van der Waals surface area contributed by atoms with Gasteiger partial charge in [0.05, 0.1) is 4.90 Å². The van der Waals surface area contributed by atoms with Gasteiger partial charge in [0.1, 0.15) is 10.1 Å². The van der Waals surface area contributed by atoms with Crippen LogP contribution in [0.3, 0.4) is 0 Å². The summed E-state index contributed by atoms with van der Waals surface area (Å²) in [6.07, 6.45) is 0. The molecule has 0 saturated heterocycles. The fourth-order valence-electron chi connectivity index (χ4n) is 1.41. The van der Waals surface area contributed by atoms with E-state index in [1.54, 1.807) is 36.4 Å². The summed E-state index contributed by atoms with van der Waals surface area (Å²) >= 11 is 0. The van der Waals surface area contributed by atoms with Crippen molar-refractivity contribution in [3.63, 3.8) is 0 Å². The van der Waals surface area contributed by atoms with Crippen LogP contribution in [0.5, 0.6) is 0 Å². The van der Waals surface area contributed by atoms with Crippen LogP contribution in [0, 0.1) is 0 Å². The van der Waals surface area contributed by atoms with Crippen LogP contribution in [0.25, 0.3) is 10.8 Å². The molecule has 0 aliphatic rings. The van der Waals surface area contributed by atoms with E-state index in [0.717, 1.165) is 5.39 Å². The van der Waals surface area contributed by atoms with Crippen LogP contribution in [0.15, 0.2) is 47.4 Å². The van der Waals surface area contributed by atoms with Gasteiger partial charge in [-0.1, -0.05) is 36.4 Å². The van der Waals surface area contributed by atoms with E-state index in [4.69, 9.17) is 13.0 Å². The van der Waals surface area contributed by atoms with Crippen LogP contribution in [-0.4, -0.2) is 25.9 Å². The molecule has 11 heteroatoms. The van der Waals surface area contributed by atoms with E-state index < -0.39 is 20.4 Å². The summed E-state index contributed by atoms with van der Waals surface area (Å²) in [4.78, 5) is -0.157. The molecule has 104 valence electrons. The van der Waals surface area contributed by atoms with Crippen molar-refractivity contribution in [2.45, 2.75) is 4.90 Å². The summed E-state index contributed by atoms with van der Waals surface area (Å²) in [6, 6.07) is 11.5. The maximum atomic E-state index is 10.9. The summed E-state index contributed by atoms with van der Waals surface area (Å²) in [5.74, 6) is 0. The zero-order chi connectivity index (χ0) is 14.7. The number of benzene rings is 2. The minimum atomic E-state index is -4.42. The van der Waals surface area contributed by atoms with Gasteiger partial charge in [-0.25, -0.2) is 22.0 Å². The fraction of sp³-hybridized carbons (Fsp3) is 0. The van der Waals surface area contributed by atoms with Crippen LogP contribution in [0.4, 0.5) is 0 Å². The monoisotopic (exact) mass is 349 g/mol. The van der Waals surface area contributed by atoms with E-state index in [0.29, 0.717) is 5.39 Å². The van der Waals surface area contributed by atoms with Crippen LogP contribution < -0.4 is 64.3 Å². The molecule has 2 aromatic rings. The Balaban J connectivity index is 0. The van der Waals surface area contributed by atoms with E-state index in [1.165, 1.54) is 6.07 Å². The van der Waals surface area contributed by atoms with Crippen molar-refractivity contribution in [3.8, 4) is 0 Å². The first-order chi connectivity index (χ1) is 8.59. The molecule has 0 aromatic heterocycles. The summed E-state index contributed by atoms with van der Waals surface area (Å²) in [6.45, 7) is 0. The molecule has 7 nitrogen and oxygen atoms in total. The van der Waals surface area contributed by atoms with E-state index >= 15 is 0 Å². The second-order valence-electron chi connectivity index (χ2n) is 3.42. The van der Waals surface area contributed by atoms with Gasteiger partial charge in [-0.3, -0.25) is 0 Å². The first-order valence-electron chi connectivity index (χ1n) is 4.76. The van der Waals surface area contributed by atoms with Crippen molar-refractivity contribution < 1.29 is 85.1 Å². The van der Waals surface area contributed by atoms with Gasteiger partial charge >= 0.3 is 59.1 Å². The molecule has 0 bridgehead atoms. The summed E-state index contributed by atoms with van der Waals surface area (Å²) < 4.78 is 59.2. The second-order valence-corrected chi connectivity index (χ2v) is 5.76. The zero-order valence-electron chi connectivity index (χ0n) is 11.4. The molecular formula is C10H9NNa2O6S2. The Bertz CT molecular complexity index is 779. The van der Waals surface area contributed by atoms with Gasteiger partial charge in [0, 0.05) is 0 Å². The second kappa shape index (κ2) is 9.58. The molecule has 0 radical (unpaired) electrons. The minimum absolute atomic E-state index is 0. The zero-order valence-corrected chi connectivity index (χ0v) is 17.0. The van der Waals surface area contributed by atoms with Crippen molar-refractivity contribution in [2.75, 3.05) is 0 Å². The standard InChI is InChI=1S/C10H8O3S.H3NO3S.2Na/c11-14(12,13)10-7-3-5-8-4-1-2-6-9(8)10;1-5(2,3)4;;/h1-7H,(H,11,12,13);(H3,1,2,3,4);;/q;;2*+1/p-2. The molecule has 0 amide bonds. The summed E-state index contributed by atoms with van der Waals surface area (Å²) in [7, 11) is -8.80. The van der Waals surface area contributed by atoms with Gasteiger partial charge < -0.3 is 9.11 Å². The Kier molecular flexibility index (Phi) is 10.8. The van der Waals surface area contributed by atoms with E-state index in [1.807, 2.05) is 0 Å². The third-order valence-electron chi connectivity index (χ3n) is 2.02. The predicted molar refractivity (Wildman–Crippen MR) is 65.8 cm³/mol. The Morgan fingerprint density at radius 1 is 0.810 bits per heavy atom. The summed E-state index contributed by atoms with van der Waals surface area (Å²) in [5.41, 5.74) is 0. The summed E-state index contributed by atoms with van der Waals surface area (Å²) in [5, 5.41) is 5.00. The van der Waals surface area contributed by atoms with Crippen LogP contribution in [-0.2, 0) is 20.4 Å². The largest absolute Gasteiger partial charge is 1.00 e. The van der Waals surface area contributed by atoms with Crippen LogP contribution in [0.2, 0.25) is 0 Å². The molecule has 21 heavy (non-hydrogen) atoms. The molecule has 2 aromatic carbocycles. The Labute approximate surface area is 167 Å². The van der Waals surface area contributed by atoms with E-state index in [2.05, 4.69) is 5.14 Å². The average Bonchev–Trinajstić information content (AvgIpc) is 2.25. The van der Waals surface area contributed by atoms with Gasteiger partial charge in [0.15, 0.2) is 10.3 Å². The molecule has 0 atom stereocenters. The topological polar surface area (TPSA) is 140 Å². The Morgan fingerprint density at radius 3 is 1.71 bits per heavy atom. The van der Waals surface area contributed by atoms with E-state index in [9.17, 15) is 13.0 Å². The Morgan fingerprint density at radius 2 is 1.24 bits per heavy atom. The number of hydrogen-bond acceptors (Lipinski definition) is 6.